The van der Waals surface area contributed by atoms with E-state index in [0.717, 1.165) is 28.2 Å². The predicted octanol–water partition coefficient (Wildman–Crippen LogP) is 3.37. The van der Waals surface area contributed by atoms with Crippen molar-refractivity contribution in [2.75, 3.05) is 0 Å². The summed E-state index contributed by atoms with van der Waals surface area (Å²) >= 11 is 1.62. The quantitative estimate of drug-likeness (QED) is 0.811. The summed E-state index contributed by atoms with van der Waals surface area (Å²) in [4.78, 5) is 25.0. The van der Waals surface area contributed by atoms with Gasteiger partial charge in [0.25, 0.3) is 5.91 Å². The minimum atomic E-state index is -0.758. The molecule has 2 atom stereocenters. The molecule has 0 fully saturated rings. The average molecular weight is 297 g/mol. The van der Waals surface area contributed by atoms with Crippen molar-refractivity contribution in [3.05, 3.63) is 21.4 Å². The van der Waals surface area contributed by atoms with E-state index in [1.807, 2.05) is 26.8 Å². The van der Waals surface area contributed by atoms with Gasteiger partial charge in [0.05, 0.1) is 11.5 Å². The topological polar surface area (TPSA) is 66.4 Å². The molecule has 0 aliphatic carbocycles. The number of hydrogen-bond donors (Lipinski definition) is 2. The van der Waals surface area contributed by atoms with Gasteiger partial charge in [0.1, 0.15) is 0 Å². The molecule has 0 spiro atoms. The third-order valence-corrected chi connectivity index (χ3v) is 4.32. The molecule has 112 valence electrons. The lowest BCUT2D eigenvalue weighted by atomic mass is 10.0. The Morgan fingerprint density at radius 2 is 1.95 bits per heavy atom. The highest BCUT2D eigenvalue weighted by molar-refractivity contribution is 7.12. The smallest absolute Gasteiger partial charge is 0.306 e. The van der Waals surface area contributed by atoms with Crippen LogP contribution in [0.3, 0.4) is 0 Å². The van der Waals surface area contributed by atoms with Crippen LogP contribution in [0.2, 0.25) is 0 Å². The molecule has 0 aliphatic heterocycles. The summed E-state index contributed by atoms with van der Waals surface area (Å²) in [5, 5.41) is 11.8. The van der Waals surface area contributed by atoms with Crippen LogP contribution in [0.15, 0.2) is 6.07 Å². The van der Waals surface area contributed by atoms with E-state index in [1.54, 1.807) is 18.3 Å². The first kappa shape index (κ1) is 16.7. The number of carboxylic acids is 1. The van der Waals surface area contributed by atoms with Crippen molar-refractivity contribution >= 4 is 23.2 Å². The van der Waals surface area contributed by atoms with Gasteiger partial charge in [0, 0.05) is 15.8 Å². The number of nitrogens with one attached hydrogen (secondary N) is 1. The van der Waals surface area contributed by atoms with E-state index in [-0.39, 0.29) is 17.9 Å². The van der Waals surface area contributed by atoms with Gasteiger partial charge in [0.15, 0.2) is 0 Å². The summed E-state index contributed by atoms with van der Waals surface area (Å²) in [5.74, 6) is -1.11. The third kappa shape index (κ3) is 4.96. The Hall–Kier alpha value is -1.36. The van der Waals surface area contributed by atoms with Crippen molar-refractivity contribution in [2.45, 2.75) is 53.0 Å². The maximum Gasteiger partial charge on any atom is 0.306 e. The largest absolute Gasteiger partial charge is 0.481 e. The summed E-state index contributed by atoms with van der Waals surface area (Å²) in [6.07, 6.45) is 2.24. The van der Waals surface area contributed by atoms with Crippen LogP contribution in [-0.2, 0) is 4.79 Å². The van der Waals surface area contributed by atoms with Gasteiger partial charge in [-0.2, -0.15) is 0 Å². The zero-order valence-electron chi connectivity index (χ0n) is 12.5. The first-order chi connectivity index (χ1) is 9.31. The molecule has 2 unspecified atom stereocenters. The highest BCUT2D eigenvalue weighted by atomic mass is 32.1. The Balaban J connectivity index is 2.39. The maximum atomic E-state index is 12.1. The fourth-order valence-corrected chi connectivity index (χ4v) is 3.00. The molecule has 1 aromatic rings. The summed E-state index contributed by atoms with van der Waals surface area (Å²) < 4.78 is 0. The normalized spacial score (nSPS) is 13.8. The molecule has 2 N–H and O–H groups in total. The standard InChI is InChI=1S/C15H23NO3S/c1-9(15(18)19)6-5-7-10(2)16-14(17)13-8-11(3)20-12(13)4/h8-10H,5-7H2,1-4H3,(H,16,17)(H,18,19). The molecule has 1 rings (SSSR count). The summed E-state index contributed by atoms with van der Waals surface area (Å²) in [7, 11) is 0. The van der Waals surface area contributed by atoms with Crippen molar-refractivity contribution in [2.24, 2.45) is 5.92 Å². The first-order valence-electron chi connectivity index (χ1n) is 6.92. The van der Waals surface area contributed by atoms with Crippen molar-refractivity contribution in [3.8, 4) is 0 Å². The van der Waals surface area contributed by atoms with E-state index >= 15 is 0 Å². The molecule has 0 aromatic carbocycles. The van der Waals surface area contributed by atoms with Crippen LogP contribution in [-0.4, -0.2) is 23.0 Å². The molecular formula is C15H23NO3S. The zero-order chi connectivity index (χ0) is 15.3. The second-order valence-electron chi connectivity index (χ2n) is 5.37. The number of hydrogen-bond acceptors (Lipinski definition) is 3. The van der Waals surface area contributed by atoms with Gasteiger partial charge in [-0.3, -0.25) is 9.59 Å². The van der Waals surface area contributed by atoms with Gasteiger partial charge in [-0.15, -0.1) is 11.3 Å². The molecule has 1 heterocycles. The van der Waals surface area contributed by atoms with Crippen LogP contribution >= 0.6 is 11.3 Å². The molecule has 0 radical (unpaired) electrons. The van der Waals surface area contributed by atoms with Crippen LogP contribution in [0, 0.1) is 19.8 Å². The zero-order valence-corrected chi connectivity index (χ0v) is 13.3. The molecule has 0 aliphatic rings. The number of carbonyl (C=O) groups excluding carboxylic acids is 1. The fraction of sp³-hybridized carbons (Fsp3) is 0.600. The van der Waals surface area contributed by atoms with E-state index in [2.05, 4.69) is 5.32 Å². The molecule has 1 aromatic heterocycles. The maximum absolute atomic E-state index is 12.1. The van der Waals surface area contributed by atoms with Gasteiger partial charge in [0.2, 0.25) is 0 Å². The molecular weight excluding hydrogens is 274 g/mol. The number of carbonyl (C=O) groups is 2. The van der Waals surface area contributed by atoms with Crippen LogP contribution in [0.1, 0.15) is 53.2 Å². The highest BCUT2D eigenvalue weighted by Crippen LogP contribution is 2.20. The van der Waals surface area contributed by atoms with Gasteiger partial charge in [-0.05, 0) is 39.7 Å². The van der Waals surface area contributed by atoms with Gasteiger partial charge >= 0.3 is 5.97 Å². The molecule has 0 bridgehead atoms. The number of thiophene rings is 1. The summed E-state index contributed by atoms with van der Waals surface area (Å²) in [5.41, 5.74) is 0.748. The van der Waals surface area contributed by atoms with E-state index in [0.29, 0.717) is 6.42 Å². The lowest BCUT2D eigenvalue weighted by molar-refractivity contribution is -0.141. The number of carboxylic acid groups (broad SMARTS) is 1. The van der Waals surface area contributed by atoms with Crippen molar-refractivity contribution < 1.29 is 14.7 Å². The monoisotopic (exact) mass is 297 g/mol. The lowest BCUT2D eigenvalue weighted by Crippen LogP contribution is -2.32. The molecule has 20 heavy (non-hydrogen) atoms. The Morgan fingerprint density at radius 3 is 2.45 bits per heavy atom. The van der Waals surface area contributed by atoms with E-state index in [4.69, 9.17) is 5.11 Å². The molecule has 4 nitrogen and oxygen atoms in total. The Labute approximate surface area is 124 Å². The second kappa shape index (κ2) is 7.43. The van der Waals surface area contributed by atoms with Gasteiger partial charge < -0.3 is 10.4 Å². The van der Waals surface area contributed by atoms with Gasteiger partial charge in [-0.25, -0.2) is 0 Å². The number of aliphatic carboxylic acids is 1. The summed E-state index contributed by atoms with van der Waals surface area (Å²) in [6.45, 7) is 7.61. The van der Waals surface area contributed by atoms with Crippen LogP contribution in [0.4, 0.5) is 0 Å². The molecule has 5 heteroatoms. The summed E-state index contributed by atoms with van der Waals surface area (Å²) in [6, 6.07) is 1.97. The second-order valence-corrected chi connectivity index (χ2v) is 6.83. The van der Waals surface area contributed by atoms with E-state index in [9.17, 15) is 9.59 Å². The Morgan fingerprint density at radius 1 is 1.30 bits per heavy atom. The highest BCUT2D eigenvalue weighted by Gasteiger charge is 2.15. The van der Waals surface area contributed by atoms with Crippen molar-refractivity contribution in [1.29, 1.82) is 0 Å². The van der Waals surface area contributed by atoms with E-state index < -0.39 is 5.97 Å². The van der Waals surface area contributed by atoms with Crippen molar-refractivity contribution in [3.63, 3.8) is 0 Å². The lowest BCUT2D eigenvalue weighted by Gasteiger charge is -2.14. The molecule has 1 amide bonds. The first-order valence-corrected chi connectivity index (χ1v) is 7.73. The Kier molecular flexibility index (Phi) is 6.20. The van der Waals surface area contributed by atoms with E-state index in [1.165, 1.54) is 0 Å². The number of aryl methyl sites for hydroxylation is 2. The SMILES string of the molecule is Cc1cc(C(=O)NC(C)CCCC(C)C(=O)O)c(C)s1. The third-order valence-electron chi connectivity index (χ3n) is 3.36. The number of rotatable bonds is 7. The predicted molar refractivity (Wildman–Crippen MR) is 81.4 cm³/mol. The van der Waals surface area contributed by atoms with Gasteiger partial charge in [-0.1, -0.05) is 13.3 Å². The molecule has 0 saturated carbocycles. The minimum Gasteiger partial charge on any atom is -0.481 e. The Bertz CT molecular complexity index is 481. The molecule has 0 saturated heterocycles. The van der Waals surface area contributed by atoms with Crippen LogP contribution in [0.5, 0.6) is 0 Å². The van der Waals surface area contributed by atoms with Crippen molar-refractivity contribution in [1.82, 2.24) is 5.32 Å². The van der Waals surface area contributed by atoms with Crippen LogP contribution in [0.25, 0.3) is 0 Å². The average Bonchev–Trinajstić information content (AvgIpc) is 2.68. The van der Waals surface area contributed by atoms with Crippen LogP contribution < -0.4 is 5.32 Å². The minimum absolute atomic E-state index is 0.0365. The number of amides is 1. The fourth-order valence-electron chi connectivity index (χ4n) is 2.08.